The van der Waals surface area contributed by atoms with E-state index in [2.05, 4.69) is 4.98 Å². The van der Waals surface area contributed by atoms with Crippen molar-refractivity contribution in [1.82, 2.24) is 9.55 Å². The van der Waals surface area contributed by atoms with Crippen LogP contribution in [0.5, 0.6) is 0 Å². The maximum atomic E-state index is 11.1. The van der Waals surface area contributed by atoms with Gasteiger partial charge in [-0.15, -0.1) is 0 Å². The van der Waals surface area contributed by atoms with Gasteiger partial charge in [0.05, 0.1) is 0 Å². The van der Waals surface area contributed by atoms with E-state index < -0.39 is 10.0 Å². The van der Waals surface area contributed by atoms with E-state index in [1.165, 1.54) is 6.20 Å². The average Bonchev–Trinajstić information content (AvgIpc) is 2.55. The molecule has 0 spiro atoms. The van der Waals surface area contributed by atoms with E-state index in [0.717, 1.165) is 6.42 Å². The van der Waals surface area contributed by atoms with Crippen molar-refractivity contribution in [2.75, 3.05) is 13.2 Å². The Morgan fingerprint density at radius 1 is 1.56 bits per heavy atom. The quantitative estimate of drug-likeness (QED) is 0.731. The van der Waals surface area contributed by atoms with Crippen LogP contribution >= 0.6 is 0 Å². The summed E-state index contributed by atoms with van der Waals surface area (Å²) in [6.45, 7) is 5.69. The molecule has 6 nitrogen and oxygen atoms in total. The second-order valence-corrected chi connectivity index (χ2v) is 4.92. The lowest BCUT2D eigenvalue weighted by atomic mass is 10.4. The predicted molar refractivity (Wildman–Crippen MR) is 59.4 cm³/mol. The number of nitrogens with two attached hydrogens (primary N) is 1. The summed E-state index contributed by atoms with van der Waals surface area (Å²) in [5, 5.41) is 4.91. The van der Waals surface area contributed by atoms with Crippen molar-refractivity contribution in [2.45, 2.75) is 31.8 Å². The molecule has 0 saturated heterocycles. The van der Waals surface area contributed by atoms with Crippen molar-refractivity contribution in [2.24, 2.45) is 5.14 Å². The van der Waals surface area contributed by atoms with Crippen LogP contribution in [0.1, 0.15) is 19.2 Å². The largest absolute Gasteiger partial charge is 0.382 e. The number of rotatable bonds is 6. The van der Waals surface area contributed by atoms with Crippen LogP contribution in [0.3, 0.4) is 0 Å². The molecule has 0 aliphatic rings. The number of primary sulfonamides is 1. The number of nitrogens with zero attached hydrogens (tertiary/aromatic N) is 2. The summed E-state index contributed by atoms with van der Waals surface area (Å²) in [6.07, 6.45) is 2.27. The lowest BCUT2D eigenvalue weighted by molar-refractivity contribution is 0.141. The van der Waals surface area contributed by atoms with E-state index in [-0.39, 0.29) is 5.03 Å². The molecular weight excluding hydrogens is 230 g/mol. The third kappa shape index (κ3) is 3.58. The minimum absolute atomic E-state index is 0.0820. The lowest BCUT2D eigenvalue weighted by Gasteiger charge is -2.04. The van der Waals surface area contributed by atoms with Crippen LogP contribution in [0.4, 0.5) is 0 Å². The van der Waals surface area contributed by atoms with Gasteiger partial charge in [-0.25, -0.2) is 18.5 Å². The van der Waals surface area contributed by atoms with Crippen molar-refractivity contribution >= 4 is 10.0 Å². The summed E-state index contributed by atoms with van der Waals surface area (Å²) in [6, 6.07) is 0. The number of hydrogen-bond acceptors (Lipinski definition) is 4. The molecule has 0 radical (unpaired) electrons. The van der Waals surface area contributed by atoms with Crippen LogP contribution in [-0.2, 0) is 21.3 Å². The van der Waals surface area contributed by atoms with Gasteiger partial charge in [0.1, 0.15) is 5.82 Å². The molecule has 1 aromatic rings. The molecule has 0 unspecified atom stereocenters. The van der Waals surface area contributed by atoms with Crippen LogP contribution in [0.2, 0.25) is 0 Å². The summed E-state index contributed by atoms with van der Waals surface area (Å²) >= 11 is 0. The first-order valence-corrected chi connectivity index (χ1v) is 6.64. The number of aromatic nitrogens is 2. The fraction of sp³-hybridized carbons (Fsp3) is 0.667. The van der Waals surface area contributed by atoms with Gasteiger partial charge in [-0.3, -0.25) is 0 Å². The van der Waals surface area contributed by atoms with Gasteiger partial charge in [0.2, 0.25) is 0 Å². The number of hydrogen-bond donors (Lipinski definition) is 1. The van der Waals surface area contributed by atoms with Gasteiger partial charge in [0, 0.05) is 26.0 Å². The van der Waals surface area contributed by atoms with Crippen molar-refractivity contribution in [3.05, 3.63) is 12.0 Å². The first-order chi connectivity index (χ1) is 7.45. The van der Waals surface area contributed by atoms with Gasteiger partial charge in [-0.05, 0) is 20.3 Å². The Morgan fingerprint density at radius 3 is 2.75 bits per heavy atom. The van der Waals surface area contributed by atoms with Gasteiger partial charge in [0.15, 0.2) is 5.03 Å². The zero-order valence-corrected chi connectivity index (χ0v) is 10.3. The maximum Gasteiger partial charge on any atom is 0.257 e. The topological polar surface area (TPSA) is 87.2 Å². The molecule has 0 amide bonds. The molecule has 0 aliphatic carbocycles. The van der Waals surface area contributed by atoms with Crippen LogP contribution in [0.25, 0.3) is 0 Å². The van der Waals surface area contributed by atoms with Crippen LogP contribution < -0.4 is 5.14 Å². The second kappa shape index (κ2) is 5.42. The molecule has 0 atom stereocenters. The highest BCUT2D eigenvalue weighted by molar-refractivity contribution is 7.89. The molecule has 1 aromatic heterocycles. The molecular formula is C9H17N3O3S. The normalized spacial score (nSPS) is 11.9. The molecule has 0 fully saturated rings. The second-order valence-electron chi connectivity index (χ2n) is 3.42. The molecule has 0 bridgehead atoms. The summed E-state index contributed by atoms with van der Waals surface area (Å²) in [7, 11) is -3.70. The fourth-order valence-corrected chi connectivity index (χ4v) is 1.86. The molecule has 2 N–H and O–H groups in total. The number of ether oxygens (including phenoxy) is 1. The molecule has 1 rings (SSSR count). The molecule has 0 aromatic carbocycles. The molecule has 16 heavy (non-hydrogen) atoms. The van der Waals surface area contributed by atoms with E-state index in [1.807, 2.05) is 6.92 Å². The van der Waals surface area contributed by atoms with E-state index in [0.29, 0.717) is 25.6 Å². The first-order valence-electron chi connectivity index (χ1n) is 5.09. The minimum atomic E-state index is -3.70. The van der Waals surface area contributed by atoms with E-state index in [4.69, 9.17) is 9.88 Å². The zero-order chi connectivity index (χ0) is 12.2. The minimum Gasteiger partial charge on any atom is -0.382 e. The fourth-order valence-electron chi connectivity index (χ4n) is 1.32. The molecule has 1 heterocycles. The Labute approximate surface area is 95.5 Å². The highest BCUT2D eigenvalue weighted by atomic mass is 32.2. The first kappa shape index (κ1) is 13.1. The molecule has 0 aliphatic heterocycles. The molecule has 7 heteroatoms. The Morgan fingerprint density at radius 2 is 2.25 bits per heavy atom. The summed E-state index contributed by atoms with van der Waals surface area (Å²) in [4.78, 5) is 3.89. The van der Waals surface area contributed by atoms with Gasteiger partial charge in [-0.2, -0.15) is 0 Å². The Balaban J connectivity index is 2.64. The summed E-state index contributed by atoms with van der Waals surface area (Å²) < 4.78 is 29.1. The van der Waals surface area contributed by atoms with Gasteiger partial charge >= 0.3 is 0 Å². The van der Waals surface area contributed by atoms with Gasteiger partial charge in [-0.1, -0.05) is 0 Å². The summed E-state index contributed by atoms with van der Waals surface area (Å²) in [5.74, 6) is 0.639. The smallest absolute Gasteiger partial charge is 0.257 e. The Bertz CT molecular complexity index is 439. The van der Waals surface area contributed by atoms with Gasteiger partial charge < -0.3 is 9.30 Å². The average molecular weight is 247 g/mol. The van der Waals surface area contributed by atoms with Crippen LogP contribution in [-0.4, -0.2) is 31.2 Å². The lowest BCUT2D eigenvalue weighted by Crippen LogP contribution is -2.12. The van der Waals surface area contributed by atoms with Crippen molar-refractivity contribution < 1.29 is 13.2 Å². The number of sulfonamides is 1. The number of imidazole rings is 1. The van der Waals surface area contributed by atoms with Crippen LogP contribution in [0, 0.1) is 6.92 Å². The van der Waals surface area contributed by atoms with E-state index in [1.54, 1.807) is 11.5 Å². The van der Waals surface area contributed by atoms with E-state index >= 15 is 0 Å². The molecule has 92 valence electrons. The van der Waals surface area contributed by atoms with Crippen molar-refractivity contribution in [1.29, 1.82) is 0 Å². The van der Waals surface area contributed by atoms with Crippen molar-refractivity contribution in [3.8, 4) is 0 Å². The highest BCUT2D eigenvalue weighted by Crippen LogP contribution is 2.07. The summed E-state index contributed by atoms with van der Waals surface area (Å²) in [5.41, 5.74) is 0. The Kier molecular flexibility index (Phi) is 4.45. The SMILES string of the molecule is CCOCCCn1cc(S(N)(=O)=O)nc1C. The maximum absolute atomic E-state index is 11.1. The zero-order valence-electron chi connectivity index (χ0n) is 9.51. The predicted octanol–water partition coefficient (Wildman–Crippen LogP) is 0.266. The Hall–Kier alpha value is -0.920. The standard InChI is InChI=1S/C9H17N3O3S/c1-3-15-6-4-5-12-7-9(11-8(12)2)16(10,13)14/h7H,3-6H2,1-2H3,(H2,10,13,14). The van der Waals surface area contributed by atoms with Crippen LogP contribution in [0.15, 0.2) is 11.2 Å². The molecule has 0 saturated carbocycles. The van der Waals surface area contributed by atoms with E-state index in [9.17, 15) is 8.42 Å². The van der Waals surface area contributed by atoms with Gasteiger partial charge in [0.25, 0.3) is 10.0 Å². The number of aryl methyl sites for hydroxylation is 2. The monoisotopic (exact) mass is 247 g/mol. The third-order valence-electron chi connectivity index (χ3n) is 2.14. The highest BCUT2D eigenvalue weighted by Gasteiger charge is 2.13. The van der Waals surface area contributed by atoms with Crippen molar-refractivity contribution in [3.63, 3.8) is 0 Å². The third-order valence-corrected chi connectivity index (χ3v) is 2.92.